The molecule has 10 heavy (non-hydrogen) atoms. The smallest absolute Gasteiger partial charge is 1.00 e. The number of aliphatic carboxylic acids is 1. The summed E-state index contributed by atoms with van der Waals surface area (Å²) >= 11 is 2.71. The molecule has 0 saturated carbocycles. The normalized spacial score (nSPS) is 6.10. The van der Waals surface area contributed by atoms with Crippen molar-refractivity contribution < 1.29 is 55.9 Å². The first kappa shape index (κ1) is 16.7. The summed E-state index contributed by atoms with van der Waals surface area (Å²) < 4.78 is 0. The molecule has 0 radical (unpaired) electrons. The average molecular weight is 225 g/mol. The summed E-state index contributed by atoms with van der Waals surface area (Å²) in [5.41, 5.74) is 0. The molecule has 56 valence electrons. The van der Waals surface area contributed by atoms with Gasteiger partial charge in [0, 0.05) is 0 Å². The zero-order valence-corrected chi connectivity index (χ0v) is 8.83. The maximum atomic E-state index is 9.32. The fraction of sp³-hybridized carbons (Fsp3) is 0.333. The Labute approximate surface area is 88.9 Å². The van der Waals surface area contributed by atoms with Gasteiger partial charge in [0.2, 0.25) is 0 Å². The minimum Gasteiger partial charge on any atom is -1.00 e. The van der Waals surface area contributed by atoms with Crippen LogP contribution in [0.5, 0.6) is 0 Å². The number of alkyl halides is 1. The summed E-state index contributed by atoms with van der Waals surface area (Å²) in [5, 5.41) is 21.7. The number of halogens is 1. The van der Waals surface area contributed by atoms with E-state index in [4.69, 9.17) is 20.1 Å². The SMILES string of the molecule is O=C(O)CBr.O=C(O)O.[H-].[Na+]. The molecule has 0 aromatic heterocycles. The van der Waals surface area contributed by atoms with Crippen molar-refractivity contribution in [3.63, 3.8) is 0 Å². The van der Waals surface area contributed by atoms with Crippen LogP contribution in [0.25, 0.3) is 0 Å². The Morgan fingerprint density at radius 1 is 1.30 bits per heavy atom. The first-order valence-electron chi connectivity index (χ1n) is 1.70. The van der Waals surface area contributed by atoms with Gasteiger partial charge in [-0.1, -0.05) is 15.9 Å². The first-order chi connectivity index (χ1) is 4.00. The Balaban J connectivity index is -0.0000000383. The van der Waals surface area contributed by atoms with Crippen LogP contribution in [0.1, 0.15) is 1.43 Å². The summed E-state index contributed by atoms with van der Waals surface area (Å²) in [5.74, 6) is -0.829. The van der Waals surface area contributed by atoms with Crippen molar-refractivity contribution in [1.82, 2.24) is 0 Å². The summed E-state index contributed by atoms with van der Waals surface area (Å²) in [6.07, 6.45) is -1.83. The van der Waals surface area contributed by atoms with Crippen LogP contribution in [0.2, 0.25) is 0 Å². The summed E-state index contributed by atoms with van der Waals surface area (Å²) in [4.78, 5) is 17.9. The molecular weight excluding hydrogens is 219 g/mol. The number of carboxylic acid groups (broad SMARTS) is 3. The van der Waals surface area contributed by atoms with Gasteiger partial charge in [-0.05, 0) is 0 Å². The monoisotopic (exact) mass is 224 g/mol. The maximum Gasteiger partial charge on any atom is 1.00 e. The zero-order chi connectivity index (χ0) is 7.86. The standard InChI is InChI=1S/C2H3BrO2.CH2O3.Na.H/c3-1-2(4)5;2-1(3)4;;/h1H2,(H,4,5);(H2,2,3,4);;/q;;+1;-1. The van der Waals surface area contributed by atoms with Crippen LogP contribution in [-0.2, 0) is 4.79 Å². The van der Waals surface area contributed by atoms with Crippen LogP contribution < -0.4 is 29.6 Å². The third kappa shape index (κ3) is 86.9. The van der Waals surface area contributed by atoms with E-state index in [2.05, 4.69) is 15.9 Å². The van der Waals surface area contributed by atoms with Gasteiger partial charge in [-0.3, -0.25) is 4.79 Å². The minimum atomic E-state index is -1.83. The molecule has 0 heterocycles. The molecule has 0 rings (SSSR count). The van der Waals surface area contributed by atoms with Gasteiger partial charge >= 0.3 is 41.7 Å². The first-order valence-corrected chi connectivity index (χ1v) is 2.82. The van der Waals surface area contributed by atoms with Gasteiger partial charge in [0.25, 0.3) is 0 Å². The number of rotatable bonds is 1. The predicted molar refractivity (Wildman–Crippen MR) is 33.2 cm³/mol. The molecular formula is C3H6BrNaO5. The predicted octanol–water partition coefficient (Wildman–Crippen LogP) is -2.20. The second-order valence-corrected chi connectivity index (χ2v) is 1.37. The number of carboxylic acids is 1. The van der Waals surface area contributed by atoms with Crippen molar-refractivity contribution in [3.05, 3.63) is 0 Å². The van der Waals surface area contributed by atoms with E-state index in [1.807, 2.05) is 0 Å². The summed E-state index contributed by atoms with van der Waals surface area (Å²) in [6.45, 7) is 0. The summed E-state index contributed by atoms with van der Waals surface area (Å²) in [6, 6.07) is 0. The van der Waals surface area contributed by atoms with Gasteiger partial charge in [0.05, 0.1) is 0 Å². The van der Waals surface area contributed by atoms with E-state index in [9.17, 15) is 4.79 Å². The van der Waals surface area contributed by atoms with Crippen LogP contribution in [0, 0.1) is 0 Å². The van der Waals surface area contributed by atoms with E-state index < -0.39 is 12.1 Å². The van der Waals surface area contributed by atoms with Crippen molar-refractivity contribution in [2.75, 3.05) is 5.33 Å². The average Bonchev–Trinajstić information content (AvgIpc) is 1.65. The second-order valence-electron chi connectivity index (χ2n) is 0.810. The van der Waals surface area contributed by atoms with Gasteiger partial charge in [-0.25, -0.2) is 4.79 Å². The molecule has 0 aliphatic heterocycles. The molecule has 0 aliphatic carbocycles. The molecule has 0 amide bonds. The second kappa shape index (κ2) is 12.0. The molecule has 0 bridgehead atoms. The molecule has 0 aliphatic rings. The van der Waals surface area contributed by atoms with Crippen molar-refractivity contribution in [2.24, 2.45) is 0 Å². The van der Waals surface area contributed by atoms with Crippen LogP contribution in [0.15, 0.2) is 0 Å². The van der Waals surface area contributed by atoms with E-state index in [-0.39, 0.29) is 36.3 Å². The zero-order valence-electron chi connectivity index (χ0n) is 6.24. The van der Waals surface area contributed by atoms with Crippen LogP contribution in [-0.4, -0.2) is 32.8 Å². The Morgan fingerprint density at radius 2 is 1.40 bits per heavy atom. The fourth-order valence-electron chi connectivity index (χ4n) is 0. The van der Waals surface area contributed by atoms with Crippen LogP contribution in [0.4, 0.5) is 4.79 Å². The van der Waals surface area contributed by atoms with Gasteiger partial charge in [0.15, 0.2) is 0 Å². The van der Waals surface area contributed by atoms with Gasteiger partial charge in [-0.2, -0.15) is 0 Å². The molecule has 0 unspecified atom stereocenters. The van der Waals surface area contributed by atoms with Gasteiger partial charge < -0.3 is 16.7 Å². The molecule has 0 atom stereocenters. The van der Waals surface area contributed by atoms with Crippen molar-refractivity contribution in [2.45, 2.75) is 0 Å². The minimum absolute atomic E-state index is 0. The number of hydrogen-bond donors (Lipinski definition) is 3. The third-order valence-electron chi connectivity index (χ3n) is 0.114. The molecule has 0 saturated heterocycles. The Kier molecular flexibility index (Phi) is 19.9. The van der Waals surface area contributed by atoms with Gasteiger partial charge in [0.1, 0.15) is 5.33 Å². The molecule has 0 aromatic rings. The van der Waals surface area contributed by atoms with E-state index in [1.54, 1.807) is 0 Å². The van der Waals surface area contributed by atoms with E-state index in [0.29, 0.717) is 0 Å². The van der Waals surface area contributed by atoms with E-state index >= 15 is 0 Å². The quantitative estimate of drug-likeness (QED) is 0.348. The number of carbonyl (C=O) groups is 2. The molecule has 0 aromatic carbocycles. The molecule has 5 nitrogen and oxygen atoms in total. The van der Waals surface area contributed by atoms with Crippen LogP contribution >= 0.6 is 15.9 Å². The fourth-order valence-corrected chi connectivity index (χ4v) is 0. The van der Waals surface area contributed by atoms with Gasteiger partial charge in [-0.15, -0.1) is 0 Å². The largest absolute Gasteiger partial charge is 1.00 e. The Bertz CT molecular complexity index is 106. The maximum absolute atomic E-state index is 9.32. The molecule has 7 heteroatoms. The molecule has 0 spiro atoms. The van der Waals surface area contributed by atoms with Crippen molar-refractivity contribution in [1.29, 1.82) is 0 Å². The molecule has 0 fully saturated rings. The number of hydrogen-bond acceptors (Lipinski definition) is 2. The molecule has 3 N–H and O–H groups in total. The van der Waals surface area contributed by atoms with E-state index in [0.717, 1.165) is 0 Å². The Hall–Kier alpha value is 0.220. The topological polar surface area (TPSA) is 94.8 Å². The Morgan fingerprint density at radius 3 is 1.40 bits per heavy atom. The summed E-state index contributed by atoms with van der Waals surface area (Å²) in [7, 11) is 0. The van der Waals surface area contributed by atoms with E-state index in [1.165, 1.54) is 0 Å². The van der Waals surface area contributed by atoms with Crippen molar-refractivity contribution >= 4 is 28.1 Å². The van der Waals surface area contributed by atoms with Crippen molar-refractivity contribution in [3.8, 4) is 0 Å². The van der Waals surface area contributed by atoms with Crippen LogP contribution in [0.3, 0.4) is 0 Å². The third-order valence-corrected chi connectivity index (χ3v) is 0.594.